The molecule has 0 unspecified atom stereocenters. The summed E-state index contributed by atoms with van der Waals surface area (Å²) in [4.78, 5) is 0.00560. The van der Waals surface area contributed by atoms with Crippen molar-refractivity contribution in [1.29, 1.82) is 0 Å². The van der Waals surface area contributed by atoms with E-state index in [0.717, 1.165) is 11.1 Å². The van der Waals surface area contributed by atoms with Gasteiger partial charge in [-0.15, -0.1) is 0 Å². The van der Waals surface area contributed by atoms with E-state index in [1.165, 1.54) is 24.3 Å². The second-order valence-electron chi connectivity index (χ2n) is 4.71. The van der Waals surface area contributed by atoms with Gasteiger partial charge in [0.15, 0.2) is 0 Å². The number of hydrogen-bond acceptors (Lipinski definition) is 3. The van der Waals surface area contributed by atoms with Crippen LogP contribution in [0.4, 0.5) is 15.8 Å². The van der Waals surface area contributed by atoms with Crippen LogP contribution >= 0.6 is 15.9 Å². The van der Waals surface area contributed by atoms with E-state index in [1.807, 2.05) is 13.8 Å². The molecule has 0 aliphatic carbocycles. The lowest BCUT2D eigenvalue weighted by molar-refractivity contribution is 0.601. The molecule has 0 aliphatic heterocycles. The quantitative estimate of drug-likeness (QED) is 0.808. The first kappa shape index (κ1) is 15.8. The van der Waals surface area contributed by atoms with Crippen LogP contribution in [0.25, 0.3) is 0 Å². The van der Waals surface area contributed by atoms with Gasteiger partial charge in [-0.3, -0.25) is 4.72 Å². The third-order valence-electron chi connectivity index (χ3n) is 3.09. The standard InChI is InChI=1S/C14H14BrFN2O2S/c1-8-5-13(17)14(6-9(8)2)21(19,20)18-10-3-4-12(16)11(15)7-10/h3-7,18H,17H2,1-2H3. The zero-order valence-electron chi connectivity index (χ0n) is 11.4. The minimum Gasteiger partial charge on any atom is -0.398 e. The lowest BCUT2D eigenvalue weighted by Gasteiger charge is -2.12. The molecule has 0 spiro atoms. The topological polar surface area (TPSA) is 72.2 Å². The van der Waals surface area contributed by atoms with Gasteiger partial charge < -0.3 is 5.73 Å². The third-order valence-corrected chi connectivity index (χ3v) is 5.13. The highest BCUT2D eigenvalue weighted by Gasteiger charge is 2.19. The molecular weight excluding hydrogens is 359 g/mol. The van der Waals surface area contributed by atoms with E-state index in [4.69, 9.17) is 5.73 Å². The summed E-state index contributed by atoms with van der Waals surface area (Å²) < 4.78 is 40.5. The summed E-state index contributed by atoms with van der Waals surface area (Å²) in [5, 5.41) is 0. The molecule has 3 N–H and O–H groups in total. The first-order valence-corrected chi connectivity index (χ1v) is 8.33. The van der Waals surface area contributed by atoms with Crippen LogP contribution in [0.1, 0.15) is 11.1 Å². The Hall–Kier alpha value is -1.60. The van der Waals surface area contributed by atoms with Crippen LogP contribution in [-0.2, 0) is 10.0 Å². The van der Waals surface area contributed by atoms with Gasteiger partial charge in [0, 0.05) is 0 Å². The van der Waals surface area contributed by atoms with Crippen molar-refractivity contribution < 1.29 is 12.8 Å². The molecule has 2 aromatic rings. The van der Waals surface area contributed by atoms with E-state index < -0.39 is 15.8 Å². The Bertz CT molecular complexity index is 807. The molecule has 112 valence electrons. The second-order valence-corrected chi connectivity index (χ2v) is 7.21. The van der Waals surface area contributed by atoms with Crippen LogP contribution in [0.5, 0.6) is 0 Å². The summed E-state index contributed by atoms with van der Waals surface area (Å²) in [5.74, 6) is -0.469. The normalized spacial score (nSPS) is 11.4. The van der Waals surface area contributed by atoms with Crippen LogP contribution in [0.2, 0.25) is 0 Å². The number of halogens is 2. The molecule has 0 bridgehead atoms. The Kier molecular flexibility index (Phi) is 4.25. The predicted octanol–water partition coefficient (Wildman–Crippen LogP) is 3.59. The molecule has 21 heavy (non-hydrogen) atoms. The Morgan fingerprint density at radius 1 is 1.14 bits per heavy atom. The number of aryl methyl sites for hydroxylation is 2. The third kappa shape index (κ3) is 3.36. The molecule has 0 aliphatic rings. The fourth-order valence-corrected chi connectivity index (χ4v) is 3.44. The summed E-state index contributed by atoms with van der Waals surface area (Å²) in [7, 11) is -3.83. The number of nitrogens with one attached hydrogen (secondary N) is 1. The van der Waals surface area contributed by atoms with Crippen LogP contribution in [0, 0.1) is 19.7 Å². The number of nitrogens with two attached hydrogens (primary N) is 1. The number of sulfonamides is 1. The largest absolute Gasteiger partial charge is 0.398 e. The van der Waals surface area contributed by atoms with E-state index >= 15 is 0 Å². The van der Waals surface area contributed by atoms with Gasteiger partial charge in [0.25, 0.3) is 10.0 Å². The van der Waals surface area contributed by atoms with Crippen molar-refractivity contribution in [1.82, 2.24) is 0 Å². The van der Waals surface area contributed by atoms with Crippen molar-refractivity contribution in [2.24, 2.45) is 0 Å². The summed E-state index contributed by atoms with van der Waals surface area (Å²) in [5.41, 5.74) is 7.96. The zero-order chi connectivity index (χ0) is 15.8. The average Bonchev–Trinajstić information content (AvgIpc) is 2.37. The molecule has 0 radical (unpaired) electrons. The van der Waals surface area contributed by atoms with Crippen LogP contribution in [0.3, 0.4) is 0 Å². The summed E-state index contributed by atoms with van der Waals surface area (Å²) in [6.07, 6.45) is 0. The Balaban J connectivity index is 2.43. The van der Waals surface area contributed by atoms with Crippen molar-refractivity contribution >= 4 is 37.3 Å². The van der Waals surface area contributed by atoms with Gasteiger partial charge in [0.1, 0.15) is 10.7 Å². The molecule has 0 aromatic heterocycles. The maximum atomic E-state index is 13.2. The number of hydrogen-bond donors (Lipinski definition) is 2. The van der Waals surface area contributed by atoms with E-state index in [2.05, 4.69) is 20.7 Å². The van der Waals surface area contributed by atoms with Gasteiger partial charge in [-0.2, -0.15) is 0 Å². The summed E-state index contributed by atoms with van der Waals surface area (Å²) >= 11 is 3.01. The van der Waals surface area contributed by atoms with Crippen molar-refractivity contribution in [2.75, 3.05) is 10.5 Å². The van der Waals surface area contributed by atoms with Crippen molar-refractivity contribution in [3.8, 4) is 0 Å². The summed E-state index contributed by atoms with van der Waals surface area (Å²) in [6, 6.07) is 7.00. The highest BCUT2D eigenvalue weighted by Crippen LogP contribution is 2.26. The molecule has 0 atom stereocenters. The van der Waals surface area contributed by atoms with Crippen LogP contribution in [-0.4, -0.2) is 8.42 Å². The van der Waals surface area contributed by atoms with E-state index in [0.29, 0.717) is 0 Å². The highest BCUT2D eigenvalue weighted by molar-refractivity contribution is 9.10. The Morgan fingerprint density at radius 2 is 1.76 bits per heavy atom. The molecule has 0 fully saturated rings. The molecule has 2 aromatic carbocycles. The molecule has 0 amide bonds. The minimum atomic E-state index is -3.83. The maximum absolute atomic E-state index is 13.2. The average molecular weight is 373 g/mol. The van der Waals surface area contributed by atoms with Crippen LogP contribution < -0.4 is 10.5 Å². The Morgan fingerprint density at radius 3 is 2.38 bits per heavy atom. The molecule has 0 saturated heterocycles. The fraction of sp³-hybridized carbons (Fsp3) is 0.143. The van der Waals surface area contributed by atoms with Gasteiger partial charge in [-0.25, -0.2) is 12.8 Å². The molecule has 0 heterocycles. The number of anilines is 2. The van der Waals surface area contributed by atoms with Gasteiger partial charge in [-0.05, 0) is 71.2 Å². The highest BCUT2D eigenvalue weighted by atomic mass is 79.9. The summed E-state index contributed by atoms with van der Waals surface area (Å²) in [6.45, 7) is 3.66. The predicted molar refractivity (Wildman–Crippen MR) is 85.2 cm³/mol. The number of rotatable bonds is 3. The first-order valence-electron chi connectivity index (χ1n) is 6.05. The molecule has 4 nitrogen and oxygen atoms in total. The SMILES string of the molecule is Cc1cc(N)c(S(=O)(=O)Nc2ccc(F)c(Br)c2)cc1C. The molecular formula is C14H14BrFN2O2S. The maximum Gasteiger partial charge on any atom is 0.263 e. The lowest BCUT2D eigenvalue weighted by Crippen LogP contribution is -2.15. The molecule has 2 rings (SSSR count). The molecule has 7 heteroatoms. The van der Waals surface area contributed by atoms with E-state index in [1.54, 1.807) is 6.07 Å². The fourth-order valence-electron chi connectivity index (χ4n) is 1.81. The Labute approximate surface area is 131 Å². The van der Waals surface area contributed by atoms with Crippen molar-refractivity contribution in [3.05, 3.63) is 51.7 Å². The van der Waals surface area contributed by atoms with E-state index in [9.17, 15) is 12.8 Å². The monoisotopic (exact) mass is 372 g/mol. The van der Waals surface area contributed by atoms with Gasteiger partial charge in [0.2, 0.25) is 0 Å². The van der Waals surface area contributed by atoms with Gasteiger partial charge in [-0.1, -0.05) is 0 Å². The van der Waals surface area contributed by atoms with Crippen LogP contribution in [0.15, 0.2) is 39.7 Å². The van der Waals surface area contributed by atoms with Gasteiger partial charge in [0.05, 0.1) is 15.8 Å². The number of benzene rings is 2. The smallest absolute Gasteiger partial charge is 0.263 e. The number of nitrogen functional groups attached to an aromatic ring is 1. The lowest BCUT2D eigenvalue weighted by atomic mass is 10.1. The van der Waals surface area contributed by atoms with Crippen molar-refractivity contribution in [3.63, 3.8) is 0 Å². The minimum absolute atomic E-state index is 0.00560. The second kappa shape index (κ2) is 5.65. The first-order chi connectivity index (χ1) is 9.70. The van der Waals surface area contributed by atoms with Gasteiger partial charge >= 0.3 is 0 Å². The van der Waals surface area contributed by atoms with Crippen molar-refractivity contribution in [2.45, 2.75) is 18.7 Å². The zero-order valence-corrected chi connectivity index (χ0v) is 13.8. The van der Waals surface area contributed by atoms with E-state index in [-0.39, 0.29) is 20.7 Å². The molecule has 0 saturated carbocycles.